The number of ketones is 1. The highest BCUT2D eigenvalue weighted by Crippen LogP contribution is 2.71. The zero-order chi connectivity index (χ0) is 28.3. The van der Waals surface area contributed by atoms with Gasteiger partial charge >= 0.3 is 11.9 Å². The van der Waals surface area contributed by atoms with Gasteiger partial charge in [-0.1, -0.05) is 39.7 Å². The van der Waals surface area contributed by atoms with Crippen LogP contribution in [0, 0.1) is 28.6 Å². The number of carbonyl (C=O) groups is 3. The number of carbonyl (C=O) groups excluding carboxylic acids is 3. The maximum Gasteiger partial charge on any atom is 0.313 e. The van der Waals surface area contributed by atoms with Crippen LogP contribution in [0.4, 0.5) is 13.2 Å². The lowest BCUT2D eigenvalue weighted by molar-refractivity contribution is -0.207. The predicted molar refractivity (Wildman–Crippen MR) is 133 cm³/mol. The maximum atomic E-state index is 17.4. The summed E-state index contributed by atoms with van der Waals surface area (Å²) in [5.74, 6) is -6.31. The first-order valence-corrected chi connectivity index (χ1v) is 13.7. The summed E-state index contributed by atoms with van der Waals surface area (Å²) in [6.45, 7) is 8.50. The van der Waals surface area contributed by atoms with E-state index in [-0.39, 0.29) is 25.9 Å². The number of fused-ring (bicyclic) bond motifs is 5. The molecule has 0 unspecified atom stereocenters. The highest BCUT2D eigenvalue weighted by molar-refractivity contribution is 6.04. The Morgan fingerprint density at radius 1 is 1.13 bits per heavy atom. The van der Waals surface area contributed by atoms with E-state index in [1.807, 2.05) is 6.92 Å². The SMILES string of the molecule is CCCCCOC(=O)[C@@H]1[C@@]2(C)C[C@H](O)[C@@]3(F)[C@@H](C[C@H](F)C4=C(F)C(=O)C=C[C@@]43C)[C@@H]2C[C@]1(C)OC(=O)CC. The number of esters is 2. The van der Waals surface area contributed by atoms with Crippen LogP contribution in [0.3, 0.4) is 0 Å². The molecule has 38 heavy (non-hydrogen) atoms. The Morgan fingerprint density at radius 2 is 1.82 bits per heavy atom. The van der Waals surface area contributed by atoms with Gasteiger partial charge in [-0.2, -0.15) is 0 Å². The largest absolute Gasteiger partial charge is 0.465 e. The van der Waals surface area contributed by atoms with Crippen LogP contribution in [0.2, 0.25) is 0 Å². The first kappa shape index (κ1) is 28.8. The Labute approximate surface area is 222 Å². The van der Waals surface area contributed by atoms with Crippen molar-refractivity contribution in [3.63, 3.8) is 0 Å². The van der Waals surface area contributed by atoms with Gasteiger partial charge in [-0.05, 0) is 56.9 Å². The molecule has 212 valence electrons. The Hall–Kier alpha value is -2.16. The van der Waals surface area contributed by atoms with Crippen molar-refractivity contribution in [3.05, 3.63) is 23.6 Å². The van der Waals surface area contributed by atoms with Crippen molar-refractivity contribution in [1.29, 1.82) is 0 Å². The molecule has 0 heterocycles. The van der Waals surface area contributed by atoms with E-state index in [4.69, 9.17) is 9.47 Å². The lowest BCUT2D eigenvalue weighted by Gasteiger charge is -2.62. The molecule has 3 saturated carbocycles. The normalized spacial score (nSPS) is 43.8. The lowest BCUT2D eigenvalue weighted by atomic mass is 9.45. The molecule has 9 heteroatoms. The molecule has 0 amide bonds. The minimum Gasteiger partial charge on any atom is -0.465 e. The average Bonchev–Trinajstić information content (AvgIpc) is 3.07. The van der Waals surface area contributed by atoms with Gasteiger partial charge in [-0.3, -0.25) is 14.4 Å². The van der Waals surface area contributed by atoms with Gasteiger partial charge < -0.3 is 14.6 Å². The van der Waals surface area contributed by atoms with Crippen LogP contribution in [0.25, 0.3) is 0 Å². The Morgan fingerprint density at radius 3 is 2.45 bits per heavy atom. The summed E-state index contributed by atoms with van der Waals surface area (Å²) in [6.07, 6.45) is 0.303. The average molecular weight is 541 g/mol. The number of alkyl halides is 2. The van der Waals surface area contributed by atoms with E-state index in [0.717, 1.165) is 18.9 Å². The molecule has 0 aromatic heterocycles. The maximum absolute atomic E-state index is 17.4. The molecule has 0 bridgehead atoms. The minimum atomic E-state index is -2.51. The molecule has 0 spiro atoms. The zero-order valence-electron chi connectivity index (χ0n) is 22.8. The number of aliphatic hydroxyl groups excluding tert-OH is 1. The van der Waals surface area contributed by atoms with E-state index in [1.54, 1.807) is 20.8 Å². The van der Waals surface area contributed by atoms with Crippen molar-refractivity contribution in [2.24, 2.45) is 28.6 Å². The van der Waals surface area contributed by atoms with Gasteiger partial charge in [-0.15, -0.1) is 0 Å². The van der Waals surface area contributed by atoms with Gasteiger partial charge in [0.15, 0.2) is 11.5 Å². The second-order valence-corrected chi connectivity index (χ2v) is 12.2. The van der Waals surface area contributed by atoms with Crippen molar-refractivity contribution in [3.8, 4) is 0 Å². The van der Waals surface area contributed by atoms with Crippen molar-refractivity contribution in [2.75, 3.05) is 6.61 Å². The predicted octanol–water partition coefficient (Wildman–Crippen LogP) is 5.27. The number of ether oxygens (including phenoxy) is 2. The molecule has 9 atom stereocenters. The number of halogens is 3. The van der Waals surface area contributed by atoms with E-state index in [2.05, 4.69) is 0 Å². The van der Waals surface area contributed by atoms with E-state index in [9.17, 15) is 23.9 Å². The van der Waals surface area contributed by atoms with Gasteiger partial charge in [0.25, 0.3) is 0 Å². The van der Waals surface area contributed by atoms with Crippen molar-refractivity contribution >= 4 is 17.7 Å². The third-order valence-corrected chi connectivity index (χ3v) is 9.90. The molecule has 0 aromatic carbocycles. The van der Waals surface area contributed by atoms with Gasteiger partial charge in [0.1, 0.15) is 17.7 Å². The molecular weight excluding hydrogens is 501 g/mol. The Bertz CT molecular complexity index is 1070. The van der Waals surface area contributed by atoms with Crippen molar-refractivity contribution in [2.45, 2.75) is 103 Å². The monoisotopic (exact) mass is 540 g/mol. The molecule has 4 aliphatic rings. The van der Waals surface area contributed by atoms with Crippen LogP contribution in [-0.4, -0.2) is 53.0 Å². The summed E-state index contributed by atoms with van der Waals surface area (Å²) in [4.78, 5) is 38.0. The van der Waals surface area contributed by atoms with E-state index >= 15 is 8.78 Å². The van der Waals surface area contributed by atoms with Crippen molar-refractivity contribution in [1.82, 2.24) is 0 Å². The topological polar surface area (TPSA) is 89.9 Å². The second-order valence-electron chi connectivity index (χ2n) is 12.2. The molecule has 0 aromatic rings. The lowest BCUT2D eigenvalue weighted by Crippen LogP contribution is -2.68. The zero-order valence-corrected chi connectivity index (χ0v) is 22.8. The standard InChI is InChI=1S/C29H39F3O6/c1-6-8-9-12-37-25(36)24-26(3)15-20(34)29(32)16(17(26)14-28(24,5)38-21(35)7-2)13-18(30)22-23(31)19(33)10-11-27(22,29)4/h10-11,16-18,20,24,34H,6-9,12-15H2,1-5H3/t16-,17-,18-,20-,24+,26-,27-,28-,29-/m0/s1. The minimum absolute atomic E-state index is 0.0556. The van der Waals surface area contributed by atoms with Crippen molar-refractivity contribution < 1.29 is 42.1 Å². The molecule has 4 rings (SSSR count). The van der Waals surface area contributed by atoms with Gasteiger partial charge in [0, 0.05) is 23.3 Å². The van der Waals surface area contributed by atoms with E-state index in [0.29, 0.717) is 6.42 Å². The number of allylic oxidation sites excluding steroid dienone is 4. The first-order valence-electron chi connectivity index (χ1n) is 13.7. The number of unbranched alkanes of at least 4 members (excludes halogenated alkanes) is 2. The Balaban J connectivity index is 1.79. The number of hydrogen-bond donors (Lipinski definition) is 1. The summed E-state index contributed by atoms with van der Waals surface area (Å²) in [5, 5.41) is 11.4. The number of aliphatic hydroxyl groups is 1. The highest BCUT2D eigenvalue weighted by atomic mass is 19.2. The van der Waals surface area contributed by atoms with Gasteiger partial charge in [0.2, 0.25) is 5.78 Å². The van der Waals surface area contributed by atoms with Gasteiger partial charge in [-0.25, -0.2) is 13.2 Å². The molecule has 6 nitrogen and oxygen atoms in total. The summed E-state index contributed by atoms with van der Waals surface area (Å²) < 4.78 is 59.5. The number of rotatable bonds is 7. The molecule has 0 aliphatic heterocycles. The Kier molecular flexibility index (Phi) is 7.43. The van der Waals surface area contributed by atoms with E-state index < -0.39 is 87.7 Å². The fraction of sp³-hybridized carbons (Fsp3) is 0.759. The third kappa shape index (κ3) is 3.97. The number of hydrogen-bond acceptors (Lipinski definition) is 6. The van der Waals surface area contributed by atoms with Crippen LogP contribution in [0.15, 0.2) is 23.6 Å². The second kappa shape index (κ2) is 9.79. The summed E-state index contributed by atoms with van der Waals surface area (Å²) in [6, 6.07) is 0. The smallest absolute Gasteiger partial charge is 0.313 e. The fourth-order valence-electron chi connectivity index (χ4n) is 8.21. The molecule has 0 saturated heterocycles. The van der Waals surface area contributed by atoms with Crippen LogP contribution in [-0.2, 0) is 23.9 Å². The summed E-state index contributed by atoms with van der Waals surface area (Å²) in [5.41, 5.74) is -7.45. The van der Waals surface area contributed by atoms with E-state index in [1.165, 1.54) is 13.0 Å². The third-order valence-electron chi connectivity index (χ3n) is 9.90. The van der Waals surface area contributed by atoms with Crippen LogP contribution in [0.5, 0.6) is 0 Å². The fourth-order valence-corrected chi connectivity index (χ4v) is 8.21. The van der Waals surface area contributed by atoms with Crippen LogP contribution < -0.4 is 0 Å². The highest BCUT2D eigenvalue weighted by Gasteiger charge is 2.76. The molecule has 4 aliphatic carbocycles. The summed E-state index contributed by atoms with van der Waals surface area (Å²) >= 11 is 0. The van der Waals surface area contributed by atoms with Crippen LogP contribution >= 0.6 is 0 Å². The quantitative estimate of drug-likeness (QED) is 0.349. The van der Waals surface area contributed by atoms with Crippen LogP contribution in [0.1, 0.15) is 79.6 Å². The molecule has 0 radical (unpaired) electrons. The first-order chi connectivity index (χ1) is 17.7. The van der Waals surface area contributed by atoms with Gasteiger partial charge in [0.05, 0.1) is 12.7 Å². The molecule has 3 fully saturated rings. The summed E-state index contributed by atoms with van der Waals surface area (Å²) in [7, 11) is 0. The molecule has 1 N–H and O–H groups in total. The molecular formula is C29H39F3O6.